The van der Waals surface area contributed by atoms with Gasteiger partial charge in [0.15, 0.2) is 0 Å². The summed E-state index contributed by atoms with van der Waals surface area (Å²) in [6.07, 6.45) is 0. The van der Waals surface area contributed by atoms with Crippen LogP contribution in [0.3, 0.4) is 0 Å². The van der Waals surface area contributed by atoms with Crippen LogP contribution in [0, 0.1) is 10.1 Å². The lowest BCUT2D eigenvalue weighted by Crippen LogP contribution is -1.99. The molecule has 0 fully saturated rings. The van der Waals surface area contributed by atoms with Gasteiger partial charge in [-0.2, -0.15) is 4.98 Å². The van der Waals surface area contributed by atoms with Crippen molar-refractivity contribution in [3.8, 4) is 11.4 Å². The second-order valence-corrected chi connectivity index (χ2v) is 5.12. The minimum atomic E-state index is -0.466. The number of hydrogen-bond acceptors (Lipinski definition) is 6. The molecule has 3 aromatic rings. The molecule has 0 saturated carbocycles. The number of nitrogens with one attached hydrogen (secondary N) is 1. The van der Waals surface area contributed by atoms with Crippen molar-refractivity contribution in [2.24, 2.45) is 0 Å². The molecule has 1 heterocycles. The van der Waals surface area contributed by atoms with Crippen molar-refractivity contribution in [2.75, 3.05) is 5.32 Å². The van der Waals surface area contributed by atoms with Crippen LogP contribution in [0.4, 0.5) is 11.4 Å². The molecule has 0 amide bonds. The Balaban J connectivity index is 1.71. The highest BCUT2D eigenvalue weighted by molar-refractivity contribution is 6.30. The van der Waals surface area contributed by atoms with Crippen molar-refractivity contribution < 1.29 is 9.45 Å². The number of nitrogens with zero attached hydrogens (tertiary/aromatic N) is 3. The summed E-state index contributed by atoms with van der Waals surface area (Å²) in [5.74, 6) is 0.683. The van der Waals surface area contributed by atoms with E-state index >= 15 is 0 Å². The quantitative estimate of drug-likeness (QED) is 0.563. The van der Waals surface area contributed by atoms with E-state index in [9.17, 15) is 10.1 Å². The highest BCUT2D eigenvalue weighted by Gasteiger charge is 2.12. The Bertz CT molecular complexity index is 833. The van der Waals surface area contributed by atoms with Crippen molar-refractivity contribution in [1.29, 1.82) is 0 Å². The first-order valence-corrected chi connectivity index (χ1v) is 7.06. The second kappa shape index (κ2) is 6.45. The number of rotatable bonds is 5. The molecule has 7 nitrogen and oxygen atoms in total. The monoisotopic (exact) mass is 330 g/mol. The van der Waals surface area contributed by atoms with E-state index in [1.165, 1.54) is 12.1 Å². The highest BCUT2D eigenvalue weighted by Crippen LogP contribution is 2.21. The molecule has 0 aliphatic heterocycles. The van der Waals surface area contributed by atoms with E-state index in [2.05, 4.69) is 15.5 Å². The molecule has 0 aliphatic rings. The van der Waals surface area contributed by atoms with E-state index in [1.54, 1.807) is 24.3 Å². The van der Waals surface area contributed by atoms with Gasteiger partial charge in [-0.25, -0.2) is 0 Å². The van der Waals surface area contributed by atoms with Crippen LogP contribution in [0.1, 0.15) is 5.89 Å². The maximum Gasteiger partial charge on any atom is 0.270 e. The fraction of sp³-hybridized carbons (Fsp3) is 0.0667. The van der Waals surface area contributed by atoms with Crippen LogP contribution in [0.5, 0.6) is 0 Å². The molecule has 0 bridgehead atoms. The number of hydrogen-bond donors (Lipinski definition) is 1. The Morgan fingerprint density at radius 3 is 2.74 bits per heavy atom. The fourth-order valence-corrected chi connectivity index (χ4v) is 2.07. The number of halogens is 1. The van der Waals surface area contributed by atoms with Gasteiger partial charge in [-0.05, 0) is 24.3 Å². The van der Waals surface area contributed by atoms with Crippen LogP contribution in [0.25, 0.3) is 11.4 Å². The number of benzene rings is 2. The lowest BCUT2D eigenvalue weighted by atomic mass is 10.2. The Hall–Kier alpha value is -2.93. The van der Waals surface area contributed by atoms with Crippen LogP contribution >= 0.6 is 11.6 Å². The van der Waals surface area contributed by atoms with Crippen molar-refractivity contribution in [3.05, 3.63) is 69.6 Å². The van der Waals surface area contributed by atoms with E-state index in [-0.39, 0.29) is 5.69 Å². The third-order valence-electron chi connectivity index (χ3n) is 3.07. The summed E-state index contributed by atoms with van der Waals surface area (Å²) in [6, 6.07) is 13.3. The second-order valence-electron chi connectivity index (χ2n) is 4.68. The van der Waals surface area contributed by atoms with E-state index in [4.69, 9.17) is 16.1 Å². The van der Waals surface area contributed by atoms with Gasteiger partial charge in [0.25, 0.3) is 5.69 Å². The summed E-state index contributed by atoms with van der Waals surface area (Å²) < 4.78 is 5.15. The van der Waals surface area contributed by atoms with Crippen LogP contribution in [0.2, 0.25) is 5.02 Å². The van der Waals surface area contributed by atoms with Gasteiger partial charge in [0, 0.05) is 28.4 Å². The Morgan fingerprint density at radius 1 is 1.22 bits per heavy atom. The molecular formula is C15H11ClN4O3. The standard InChI is InChI=1S/C15H11ClN4O3/c16-11-4-6-12(7-5-11)17-9-14-18-15(19-23-14)10-2-1-3-13(8-10)20(21)22/h1-8,17H,9H2. The fourth-order valence-electron chi connectivity index (χ4n) is 1.95. The van der Waals surface area contributed by atoms with E-state index in [0.29, 0.717) is 28.8 Å². The van der Waals surface area contributed by atoms with Crippen molar-refractivity contribution in [3.63, 3.8) is 0 Å². The average molecular weight is 331 g/mol. The third kappa shape index (κ3) is 3.64. The zero-order valence-corrected chi connectivity index (χ0v) is 12.5. The molecule has 0 unspecified atom stereocenters. The molecule has 116 valence electrons. The molecule has 0 atom stereocenters. The van der Waals surface area contributed by atoms with Crippen molar-refractivity contribution in [1.82, 2.24) is 10.1 Å². The maximum atomic E-state index is 10.8. The molecule has 8 heteroatoms. The number of aromatic nitrogens is 2. The first-order valence-electron chi connectivity index (χ1n) is 6.69. The predicted octanol–water partition coefficient (Wildman–Crippen LogP) is 3.91. The zero-order chi connectivity index (χ0) is 16.2. The van der Waals surface area contributed by atoms with Gasteiger partial charge in [-0.3, -0.25) is 10.1 Å². The molecule has 0 radical (unpaired) electrons. The SMILES string of the molecule is O=[N+]([O-])c1cccc(-c2noc(CNc3ccc(Cl)cc3)n2)c1. The first-order chi connectivity index (χ1) is 11.1. The maximum absolute atomic E-state index is 10.8. The minimum absolute atomic E-state index is 0.0202. The molecule has 0 aliphatic carbocycles. The smallest absolute Gasteiger partial charge is 0.270 e. The van der Waals surface area contributed by atoms with Crippen LogP contribution < -0.4 is 5.32 Å². The molecule has 1 aromatic heterocycles. The Kier molecular flexibility index (Phi) is 4.20. The summed E-state index contributed by atoms with van der Waals surface area (Å²) in [7, 11) is 0. The van der Waals surface area contributed by atoms with Crippen LogP contribution in [-0.2, 0) is 6.54 Å². The molecular weight excluding hydrogens is 320 g/mol. The number of non-ortho nitro benzene ring substituents is 1. The van der Waals surface area contributed by atoms with Crippen molar-refractivity contribution in [2.45, 2.75) is 6.54 Å². The van der Waals surface area contributed by atoms with Crippen molar-refractivity contribution >= 4 is 23.0 Å². The molecule has 0 spiro atoms. The van der Waals surface area contributed by atoms with Gasteiger partial charge in [-0.15, -0.1) is 0 Å². The summed E-state index contributed by atoms with van der Waals surface area (Å²) in [5.41, 5.74) is 1.37. The summed E-state index contributed by atoms with van der Waals surface area (Å²) in [6.45, 7) is 0.337. The molecule has 2 aromatic carbocycles. The topological polar surface area (TPSA) is 94.1 Å². The lowest BCUT2D eigenvalue weighted by molar-refractivity contribution is -0.384. The summed E-state index contributed by atoms with van der Waals surface area (Å²) in [4.78, 5) is 14.6. The van der Waals surface area contributed by atoms with Gasteiger partial charge in [0.05, 0.1) is 11.5 Å². The van der Waals surface area contributed by atoms with E-state index in [0.717, 1.165) is 5.69 Å². The first kappa shape index (κ1) is 15.0. The molecule has 23 heavy (non-hydrogen) atoms. The number of nitro groups is 1. The van der Waals surface area contributed by atoms with Gasteiger partial charge >= 0.3 is 0 Å². The Labute approximate surface area is 136 Å². The zero-order valence-electron chi connectivity index (χ0n) is 11.8. The van der Waals surface area contributed by atoms with Crippen LogP contribution in [0.15, 0.2) is 53.1 Å². The van der Waals surface area contributed by atoms with E-state index in [1.807, 2.05) is 12.1 Å². The van der Waals surface area contributed by atoms with E-state index < -0.39 is 4.92 Å². The predicted molar refractivity (Wildman–Crippen MR) is 85.2 cm³/mol. The van der Waals surface area contributed by atoms with Gasteiger partial charge in [0.2, 0.25) is 11.7 Å². The molecule has 3 rings (SSSR count). The number of anilines is 1. The average Bonchev–Trinajstić information content (AvgIpc) is 3.03. The molecule has 0 saturated heterocycles. The van der Waals surface area contributed by atoms with Gasteiger partial charge in [0.1, 0.15) is 0 Å². The largest absolute Gasteiger partial charge is 0.376 e. The summed E-state index contributed by atoms with van der Waals surface area (Å²) >= 11 is 5.82. The Morgan fingerprint density at radius 2 is 2.00 bits per heavy atom. The number of nitro benzene ring substituents is 1. The van der Waals surface area contributed by atoms with Gasteiger partial charge < -0.3 is 9.84 Å². The summed E-state index contributed by atoms with van der Waals surface area (Å²) in [5, 5.41) is 18.4. The highest BCUT2D eigenvalue weighted by atomic mass is 35.5. The third-order valence-corrected chi connectivity index (χ3v) is 3.32. The van der Waals surface area contributed by atoms with Gasteiger partial charge in [-0.1, -0.05) is 28.9 Å². The molecule has 1 N–H and O–H groups in total. The minimum Gasteiger partial charge on any atom is -0.376 e. The lowest BCUT2D eigenvalue weighted by Gasteiger charge is -2.02. The normalized spacial score (nSPS) is 10.5. The van der Waals surface area contributed by atoms with Crippen LogP contribution in [-0.4, -0.2) is 15.1 Å².